The lowest BCUT2D eigenvalue weighted by Crippen LogP contribution is -2.47. The van der Waals surface area contributed by atoms with E-state index in [0.29, 0.717) is 44.6 Å². The highest BCUT2D eigenvalue weighted by atomic mass is 32.2. The smallest absolute Gasteiger partial charge is 0.309 e. The fourth-order valence-electron chi connectivity index (χ4n) is 5.63. The molecule has 0 radical (unpaired) electrons. The number of hydrogen-bond donors (Lipinski definition) is 0. The molecule has 2 unspecified atom stereocenters. The van der Waals surface area contributed by atoms with Crippen LogP contribution in [0.2, 0.25) is 0 Å². The highest BCUT2D eigenvalue weighted by Gasteiger charge is 2.45. The highest BCUT2D eigenvalue weighted by molar-refractivity contribution is 7.88. The van der Waals surface area contributed by atoms with E-state index in [0.717, 1.165) is 31.2 Å². The van der Waals surface area contributed by atoms with Crippen molar-refractivity contribution in [2.45, 2.75) is 64.7 Å². The first kappa shape index (κ1) is 25.4. The fourth-order valence-corrected chi connectivity index (χ4v) is 6.46. The molecule has 1 heterocycles. The molecule has 3 aliphatic rings. The maximum Gasteiger partial charge on any atom is 0.309 e. The number of nitrogens with zero attached hydrogens (tertiary/aromatic N) is 2. The third kappa shape index (κ3) is 6.29. The number of carbonyl (C=O) groups is 1. The minimum atomic E-state index is -3.16. The van der Waals surface area contributed by atoms with Crippen molar-refractivity contribution in [2.75, 3.05) is 32.4 Å². The second kappa shape index (κ2) is 9.74. The molecule has 0 bridgehead atoms. The van der Waals surface area contributed by atoms with Crippen LogP contribution in [-0.4, -0.2) is 67.7 Å². The second-order valence-electron chi connectivity index (χ2n) is 11.1. The SMILES string of the molecule is CC(C)(C)OC(=O)C1C[C@H]2CC(Oc3ccc(CN4CCN(S(C)(=O)=O)CC4)cc3F)C[C@H]2C1. The zero-order valence-corrected chi connectivity index (χ0v) is 21.4. The van der Waals surface area contributed by atoms with E-state index in [-0.39, 0.29) is 29.6 Å². The number of benzene rings is 1. The van der Waals surface area contributed by atoms with Gasteiger partial charge in [0.2, 0.25) is 10.0 Å². The lowest BCUT2D eigenvalue weighted by molar-refractivity contribution is -0.160. The molecule has 7 nitrogen and oxygen atoms in total. The fraction of sp³-hybridized carbons (Fsp3) is 0.720. The molecule has 4 atom stereocenters. The number of ether oxygens (including phenoxy) is 2. The molecule has 2 aliphatic carbocycles. The molecule has 0 spiro atoms. The van der Waals surface area contributed by atoms with Crippen molar-refractivity contribution >= 4 is 16.0 Å². The van der Waals surface area contributed by atoms with Gasteiger partial charge in [-0.05, 0) is 76.0 Å². The van der Waals surface area contributed by atoms with Gasteiger partial charge in [-0.1, -0.05) is 6.07 Å². The Hall–Kier alpha value is -1.71. The van der Waals surface area contributed by atoms with Crippen molar-refractivity contribution in [1.82, 2.24) is 9.21 Å². The first-order chi connectivity index (χ1) is 15.9. The Morgan fingerprint density at radius 1 is 1.06 bits per heavy atom. The van der Waals surface area contributed by atoms with Crippen molar-refractivity contribution in [1.29, 1.82) is 0 Å². The summed E-state index contributed by atoms with van der Waals surface area (Å²) in [4.78, 5) is 14.5. The molecule has 0 amide bonds. The van der Waals surface area contributed by atoms with E-state index in [9.17, 15) is 17.6 Å². The molecule has 0 aromatic heterocycles. The Balaban J connectivity index is 1.26. The Labute approximate surface area is 202 Å². The maximum absolute atomic E-state index is 14.8. The summed E-state index contributed by atoms with van der Waals surface area (Å²) in [6, 6.07) is 5.11. The third-order valence-corrected chi connectivity index (χ3v) is 8.51. The van der Waals surface area contributed by atoms with Gasteiger partial charge >= 0.3 is 5.97 Å². The van der Waals surface area contributed by atoms with Gasteiger partial charge in [-0.15, -0.1) is 0 Å². The number of fused-ring (bicyclic) bond motifs is 1. The average Bonchev–Trinajstić information content (AvgIpc) is 3.27. The predicted octanol–water partition coefficient (Wildman–Crippen LogP) is 3.43. The zero-order valence-electron chi connectivity index (χ0n) is 20.6. The van der Waals surface area contributed by atoms with Gasteiger partial charge in [0.15, 0.2) is 11.6 Å². The zero-order chi connectivity index (χ0) is 24.7. The Bertz CT molecular complexity index is 987. The molecule has 34 heavy (non-hydrogen) atoms. The molecule has 190 valence electrons. The molecule has 1 aromatic carbocycles. The van der Waals surface area contributed by atoms with E-state index in [1.54, 1.807) is 6.07 Å². The molecular weight excluding hydrogens is 459 g/mol. The quantitative estimate of drug-likeness (QED) is 0.562. The van der Waals surface area contributed by atoms with Crippen LogP contribution in [0.1, 0.15) is 52.0 Å². The largest absolute Gasteiger partial charge is 0.487 e. The van der Waals surface area contributed by atoms with Crippen molar-refractivity contribution in [3.05, 3.63) is 29.6 Å². The van der Waals surface area contributed by atoms with Gasteiger partial charge < -0.3 is 9.47 Å². The van der Waals surface area contributed by atoms with Crippen molar-refractivity contribution < 1.29 is 27.1 Å². The molecule has 0 N–H and O–H groups in total. The molecule has 2 saturated carbocycles. The third-order valence-electron chi connectivity index (χ3n) is 7.21. The topological polar surface area (TPSA) is 76.2 Å². The molecule has 3 fully saturated rings. The summed E-state index contributed by atoms with van der Waals surface area (Å²) in [6.07, 6.45) is 4.54. The molecule has 1 aromatic rings. The van der Waals surface area contributed by atoms with Gasteiger partial charge in [0.1, 0.15) is 5.60 Å². The van der Waals surface area contributed by atoms with Crippen LogP contribution in [0.3, 0.4) is 0 Å². The Morgan fingerprint density at radius 2 is 1.68 bits per heavy atom. The van der Waals surface area contributed by atoms with E-state index in [1.807, 2.05) is 26.8 Å². The van der Waals surface area contributed by atoms with Crippen LogP contribution in [0.4, 0.5) is 4.39 Å². The molecule has 9 heteroatoms. The normalized spacial score (nSPS) is 28.6. The van der Waals surface area contributed by atoms with Gasteiger partial charge in [-0.3, -0.25) is 9.69 Å². The van der Waals surface area contributed by atoms with Gasteiger partial charge in [0.25, 0.3) is 0 Å². The van der Waals surface area contributed by atoms with Crippen molar-refractivity contribution in [3.63, 3.8) is 0 Å². The van der Waals surface area contributed by atoms with Crippen molar-refractivity contribution in [3.8, 4) is 5.75 Å². The molecule has 1 aliphatic heterocycles. The lowest BCUT2D eigenvalue weighted by Gasteiger charge is -2.33. The van der Waals surface area contributed by atoms with Crippen LogP contribution in [0.5, 0.6) is 5.75 Å². The lowest BCUT2D eigenvalue weighted by atomic mass is 10.0. The van der Waals surface area contributed by atoms with Gasteiger partial charge in [-0.25, -0.2) is 12.8 Å². The van der Waals surface area contributed by atoms with Crippen LogP contribution in [0.25, 0.3) is 0 Å². The van der Waals surface area contributed by atoms with Gasteiger partial charge in [-0.2, -0.15) is 4.31 Å². The first-order valence-electron chi connectivity index (χ1n) is 12.2. The summed E-state index contributed by atoms with van der Waals surface area (Å²) in [5.74, 6) is 0.630. The Kier molecular flexibility index (Phi) is 7.27. The monoisotopic (exact) mass is 496 g/mol. The molecule has 1 saturated heterocycles. The summed E-state index contributed by atoms with van der Waals surface area (Å²) in [6.45, 7) is 8.43. The molecule has 4 rings (SSSR count). The summed E-state index contributed by atoms with van der Waals surface area (Å²) in [7, 11) is -3.16. The summed E-state index contributed by atoms with van der Waals surface area (Å²) >= 11 is 0. The number of piperazine rings is 1. The number of halogens is 1. The first-order valence-corrected chi connectivity index (χ1v) is 14.1. The van der Waals surface area contributed by atoms with Crippen LogP contribution >= 0.6 is 0 Å². The van der Waals surface area contributed by atoms with Gasteiger partial charge in [0, 0.05) is 32.7 Å². The van der Waals surface area contributed by atoms with E-state index in [2.05, 4.69) is 4.90 Å². The number of hydrogen-bond acceptors (Lipinski definition) is 6. The van der Waals surface area contributed by atoms with E-state index in [1.165, 1.54) is 16.6 Å². The second-order valence-corrected chi connectivity index (χ2v) is 13.1. The summed E-state index contributed by atoms with van der Waals surface area (Å²) in [5.41, 5.74) is 0.385. The van der Waals surface area contributed by atoms with E-state index in [4.69, 9.17) is 9.47 Å². The van der Waals surface area contributed by atoms with E-state index < -0.39 is 15.6 Å². The summed E-state index contributed by atoms with van der Waals surface area (Å²) < 4.78 is 51.2. The predicted molar refractivity (Wildman–Crippen MR) is 127 cm³/mol. The van der Waals surface area contributed by atoms with Crippen LogP contribution in [-0.2, 0) is 26.1 Å². The number of carbonyl (C=O) groups excluding carboxylic acids is 1. The minimum absolute atomic E-state index is 0.0287. The highest BCUT2D eigenvalue weighted by Crippen LogP contribution is 2.48. The van der Waals surface area contributed by atoms with Crippen LogP contribution in [0.15, 0.2) is 18.2 Å². The van der Waals surface area contributed by atoms with E-state index >= 15 is 0 Å². The molecular formula is C25H37FN2O5S. The number of esters is 1. The van der Waals surface area contributed by atoms with Gasteiger partial charge in [0.05, 0.1) is 18.3 Å². The minimum Gasteiger partial charge on any atom is -0.487 e. The maximum atomic E-state index is 14.8. The Morgan fingerprint density at radius 3 is 2.21 bits per heavy atom. The average molecular weight is 497 g/mol. The van der Waals surface area contributed by atoms with Crippen LogP contribution in [0, 0.1) is 23.6 Å². The standard InChI is InChI=1S/C25H37FN2O5S/c1-25(2,3)33-24(29)20-12-18-14-21(15-19(18)13-20)32-23-6-5-17(11-22(23)26)16-27-7-9-28(10-8-27)34(4,30)31/h5-6,11,18-21H,7-10,12-16H2,1-4H3/t18-,19+,20?,21?. The summed E-state index contributed by atoms with van der Waals surface area (Å²) in [5, 5.41) is 0. The van der Waals surface area contributed by atoms with Crippen molar-refractivity contribution in [2.24, 2.45) is 17.8 Å². The number of rotatable bonds is 6. The van der Waals surface area contributed by atoms with Crippen LogP contribution < -0.4 is 4.74 Å². The number of sulfonamides is 1.